The van der Waals surface area contributed by atoms with E-state index in [1.54, 1.807) is 7.11 Å². The van der Waals surface area contributed by atoms with E-state index in [-0.39, 0.29) is 0 Å². The Bertz CT molecular complexity index is 689. The summed E-state index contributed by atoms with van der Waals surface area (Å²) in [5.41, 5.74) is 7.72. The smallest absolute Gasteiger partial charge is 0.122 e. The van der Waals surface area contributed by atoms with Crippen LogP contribution < -0.4 is 10.5 Å². The number of fused-ring (bicyclic) bond motifs is 1. The molecule has 0 radical (unpaired) electrons. The van der Waals surface area contributed by atoms with Gasteiger partial charge in [-0.25, -0.2) is 0 Å². The number of hydrogen-bond donors (Lipinski definition) is 1. The third kappa shape index (κ3) is 2.29. The molecule has 0 bridgehead atoms. The molecule has 0 saturated carbocycles. The fourth-order valence-electron chi connectivity index (χ4n) is 2.20. The summed E-state index contributed by atoms with van der Waals surface area (Å²) in [5, 5.41) is 10.5. The van der Waals surface area contributed by atoms with E-state index in [2.05, 4.69) is 34.5 Å². The zero-order valence-electron chi connectivity index (χ0n) is 10.8. The topological polar surface area (TPSA) is 60.0 Å². The Hall–Kier alpha value is -2.36. The van der Waals surface area contributed by atoms with Crippen molar-refractivity contribution in [2.45, 2.75) is 12.8 Å². The van der Waals surface area contributed by atoms with Crippen LogP contribution in [-0.4, -0.2) is 18.7 Å². The first-order valence-electron chi connectivity index (χ1n) is 6.23. The van der Waals surface area contributed by atoms with Crippen molar-refractivity contribution in [3.63, 3.8) is 0 Å². The number of methoxy groups -OCH3 is 1. The molecule has 0 aliphatic carbocycles. The van der Waals surface area contributed by atoms with Crippen LogP contribution in [0.1, 0.15) is 18.4 Å². The molecule has 19 heavy (non-hydrogen) atoms. The average molecular weight is 253 g/mol. The number of rotatable bonds is 2. The highest BCUT2D eigenvalue weighted by Crippen LogP contribution is 2.23. The van der Waals surface area contributed by atoms with Gasteiger partial charge in [0, 0.05) is 6.42 Å². The van der Waals surface area contributed by atoms with Gasteiger partial charge < -0.3 is 10.5 Å². The SMILES string of the molecule is COc1ccc2cc(C3=NN=C(N)CC3)ccc2c1. The summed E-state index contributed by atoms with van der Waals surface area (Å²) in [6, 6.07) is 12.3. The largest absolute Gasteiger partial charge is 0.497 e. The molecule has 1 aliphatic rings. The minimum Gasteiger partial charge on any atom is -0.497 e. The van der Waals surface area contributed by atoms with Crippen LogP contribution in [0.4, 0.5) is 0 Å². The maximum atomic E-state index is 5.63. The third-order valence-electron chi connectivity index (χ3n) is 3.30. The second-order valence-electron chi connectivity index (χ2n) is 4.57. The molecule has 1 heterocycles. The van der Waals surface area contributed by atoms with Gasteiger partial charge in [0.05, 0.1) is 12.8 Å². The summed E-state index contributed by atoms with van der Waals surface area (Å²) in [5.74, 6) is 1.47. The van der Waals surface area contributed by atoms with Gasteiger partial charge in [-0.3, -0.25) is 0 Å². The molecule has 3 rings (SSSR count). The van der Waals surface area contributed by atoms with Crippen molar-refractivity contribution < 1.29 is 4.74 Å². The van der Waals surface area contributed by atoms with Crippen molar-refractivity contribution in [2.75, 3.05) is 7.11 Å². The number of hydrogen-bond acceptors (Lipinski definition) is 4. The van der Waals surface area contributed by atoms with Gasteiger partial charge in [-0.1, -0.05) is 18.2 Å². The van der Waals surface area contributed by atoms with Crippen molar-refractivity contribution in [1.29, 1.82) is 0 Å². The molecule has 2 aromatic carbocycles. The molecule has 0 amide bonds. The molecule has 0 unspecified atom stereocenters. The Morgan fingerprint density at radius 3 is 2.53 bits per heavy atom. The fourth-order valence-corrected chi connectivity index (χ4v) is 2.20. The van der Waals surface area contributed by atoms with E-state index in [4.69, 9.17) is 10.5 Å². The summed E-state index contributed by atoms with van der Waals surface area (Å²) in [7, 11) is 1.68. The Kier molecular flexibility index (Phi) is 2.91. The molecule has 4 heteroatoms. The second-order valence-corrected chi connectivity index (χ2v) is 4.57. The number of nitrogens with two attached hydrogens (primary N) is 1. The fraction of sp³-hybridized carbons (Fsp3) is 0.200. The van der Waals surface area contributed by atoms with Gasteiger partial charge in [0.2, 0.25) is 0 Å². The lowest BCUT2D eigenvalue weighted by atomic mass is 10.0. The highest BCUT2D eigenvalue weighted by molar-refractivity contribution is 6.06. The van der Waals surface area contributed by atoms with Crippen molar-refractivity contribution in [2.24, 2.45) is 15.9 Å². The van der Waals surface area contributed by atoms with E-state index < -0.39 is 0 Å². The number of nitrogens with zero attached hydrogens (tertiary/aromatic N) is 2. The quantitative estimate of drug-likeness (QED) is 0.894. The molecule has 96 valence electrons. The Morgan fingerprint density at radius 1 is 1.00 bits per heavy atom. The summed E-state index contributed by atoms with van der Waals surface area (Å²) in [4.78, 5) is 0. The Morgan fingerprint density at radius 2 is 1.79 bits per heavy atom. The average Bonchev–Trinajstić information content (AvgIpc) is 2.47. The monoisotopic (exact) mass is 253 g/mol. The number of benzene rings is 2. The molecule has 0 aromatic heterocycles. The van der Waals surface area contributed by atoms with Gasteiger partial charge in [-0.15, -0.1) is 5.10 Å². The van der Waals surface area contributed by atoms with E-state index in [0.29, 0.717) is 5.84 Å². The van der Waals surface area contributed by atoms with Gasteiger partial charge in [0.25, 0.3) is 0 Å². The zero-order chi connectivity index (χ0) is 13.2. The molecule has 1 aliphatic heterocycles. The van der Waals surface area contributed by atoms with Gasteiger partial charge in [0.1, 0.15) is 11.6 Å². The van der Waals surface area contributed by atoms with Crippen LogP contribution in [0.3, 0.4) is 0 Å². The minimum atomic E-state index is 0.606. The predicted molar refractivity (Wildman–Crippen MR) is 77.9 cm³/mol. The van der Waals surface area contributed by atoms with Crippen molar-refractivity contribution in [1.82, 2.24) is 0 Å². The van der Waals surface area contributed by atoms with Crippen LogP contribution in [0.25, 0.3) is 10.8 Å². The highest BCUT2D eigenvalue weighted by atomic mass is 16.5. The van der Waals surface area contributed by atoms with E-state index >= 15 is 0 Å². The maximum Gasteiger partial charge on any atom is 0.122 e. The summed E-state index contributed by atoms with van der Waals surface area (Å²) < 4.78 is 5.23. The van der Waals surface area contributed by atoms with Crippen LogP contribution in [0.2, 0.25) is 0 Å². The minimum absolute atomic E-state index is 0.606. The molecular weight excluding hydrogens is 238 g/mol. The first-order valence-corrected chi connectivity index (χ1v) is 6.23. The Labute approximate surface area is 111 Å². The van der Waals surface area contributed by atoms with Gasteiger partial charge >= 0.3 is 0 Å². The zero-order valence-corrected chi connectivity index (χ0v) is 10.8. The van der Waals surface area contributed by atoms with Gasteiger partial charge in [-0.05, 0) is 41.0 Å². The van der Waals surface area contributed by atoms with Crippen molar-refractivity contribution >= 4 is 22.3 Å². The highest BCUT2D eigenvalue weighted by Gasteiger charge is 2.10. The van der Waals surface area contributed by atoms with E-state index in [1.807, 2.05) is 12.1 Å². The lowest BCUT2D eigenvalue weighted by molar-refractivity contribution is 0.415. The van der Waals surface area contributed by atoms with Crippen LogP contribution >= 0.6 is 0 Å². The van der Waals surface area contributed by atoms with E-state index in [9.17, 15) is 0 Å². The van der Waals surface area contributed by atoms with Crippen molar-refractivity contribution in [3.05, 3.63) is 42.0 Å². The first kappa shape index (κ1) is 11.7. The van der Waals surface area contributed by atoms with Crippen molar-refractivity contribution in [3.8, 4) is 5.75 Å². The van der Waals surface area contributed by atoms with Crippen LogP contribution in [0, 0.1) is 0 Å². The van der Waals surface area contributed by atoms with E-state index in [0.717, 1.165) is 35.3 Å². The number of ether oxygens (including phenoxy) is 1. The molecule has 0 atom stereocenters. The molecular formula is C15H15N3O. The molecule has 0 saturated heterocycles. The lowest BCUT2D eigenvalue weighted by Crippen LogP contribution is -2.17. The van der Waals surface area contributed by atoms with E-state index in [1.165, 1.54) is 5.39 Å². The summed E-state index contributed by atoms with van der Waals surface area (Å²) >= 11 is 0. The molecule has 0 fully saturated rings. The third-order valence-corrected chi connectivity index (χ3v) is 3.30. The molecule has 0 spiro atoms. The normalized spacial score (nSPS) is 15.0. The molecule has 2 N–H and O–H groups in total. The number of amidine groups is 1. The van der Waals surface area contributed by atoms with Crippen LogP contribution in [0.5, 0.6) is 5.75 Å². The summed E-state index contributed by atoms with van der Waals surface area (Å²) in [6.07, 6.45) is 1.62. The van der Waals surface area contributed by atoms with Gasteiger partial charge in [0.15, 0.2) is 0 Å². The second kappa shape index (κ2) is 4.72. The Balaban J connectivity index is 2.03. The van der Waals surface area contributed by atoms with Crippen LogP contribution in [0.15, 0.2) is 46.6 Å². The van der Waals surface area contributed by atoms with Crippen LogP contribution in [-0.2, 0) is 0 Å². The standard InChI is InChI=1S/C15H15N3O/c1-19-13-5-4-10-8-12(3-2-11(10)9-13)14-6-7-15(16)18-17-14/h2-5,8-9H,6-7H2,1H3,(H2,16,18). The first-order chi connectivity index (χ1) is 9.26. The van der Waals surface area contributed by atoms with Gasteiger partial charge in [-0.2, -0.15) is 5.10 Å². The molecule has 2 aromatic rings. The predicted octanol–water partition coefficient (Wildman–Crippen LogP) is 2.70. The maximum absolute atomic E-state index is 5.63. The lowest BCUT2D eigenvalue weighted by Gasteiger charge is -2.10. The summed E-state index contributed by atoms with van der Waals surface area (Å²) in [6.45, 7) is 0. The molecule has 4 nitrogen and oxygen atoms in total.